The Balaban J connectivity index is 0.000000176. The fourth-order valence-electron chi connectivity index (χ4n) is 10.2. The van der Waals surface area contributed by atoms with Crippen molar-refractivity contribution in [1.29, 1.82) is 0 Å². The summed E-state index contributed by atoms with van der Waals surface area (Å²) in [5, 5.41) is 21.2. The second kappa shape index (κ2) is 34.8. The highest BCUT2D eigenvalue weighted by Crippen LogP contribution is 2.37. The molecule has 24 nitrogen and oxygen atoms in total. The highest BCUT2D eigenvalue weighted by Gasteiger charge is 2.40. The lowest BCUT2D eigenvalue weighted by Gasteiger charge is -2.39. The van der Waals surface area contributed by atoms with Gasteiger partial charge < -0.3 is 63.2 Å². The molecule has 520 valence electrons. The molecule has 4 aliphatic rings. The first-order valence-electron chi connectivity index (χ1n) is 31.7. The molecule has 8 heterocycles. The van der Waals surface area contributed by atoms with Gasteiger partial charge in [0.1, 0.15) is 39.8 Å². The van der Waals surface area contributed by atoms with E-state index in [0.717, 1.165) is 86.9 Å². The van der Waals surface area contributed by atoms with Crippen molar-refractivity contribution < 1.29 is 57.6 Å². The van der Waals surface area contributed by atoms with E-state index in [4.69, 9.17) is 54.8 Å². The van der Waals surface area contributed by atoms with Gasteiger partial charge >= 0.3 is 25.4 Å². The van der Waals surface area contributed by atoms with Crippen molar-refractivity contribution in [2.24, 2.45) is 0 Å². The number of aromatic nitrogens is 8. The molecule has 98 heavy (non-hydrogen) atoms. The fourth-order valence-corrected chi connectivity index (χ4v) is 10.5. The van der Waals surface area contributed by atoms with Crippen molar-refractivity contribution >= 4 is 54.9 Å². The Hall–Kier alpha value is -9.27. The molecular weight excluding hydrogens is 1290 g/mol. The summed E-state index contributed by atoms with van der Waals surface area (Å²) in [7, 11) is 5.06. The number of nitrogens with zero attached hydrogens (tertiary/aromatic N) is 11. The van der Waals surface area contributed by atoms with Gasteiger partial charge in [0.2, 0.25) is 0 Å². The van der Waals surface area contributed by atoms with Crippen LogP contribution in [0, 0.1) is 0 Å². The molecular formula is C71H87BCl2N12O12. The molecule has 3 N–H and O–H groups in total. The zero-order valence-corrected chi connectivity index (χ0v) is 59.2. The van der Waals surface area contributed by atoms with Gasteiger partial charge in [-0.3, -0.25) is 34.9 Å². The van der Waals surface area contributed by atoms with Crippen LogP contribution in [0.2, 0.25) is 5.15 Å². The van der Waals surface area contributed by atoms with Crippen LogP contribution in [0.1, 0.15) is 109 Å². The highest BCUT2D eigenvalue weighted by atomic mass is 35.5. The van der Waals surface area contributed by atoms with E-state index < -0.39 is 23.9 Å². The summed E-state index contributed by atoms with van der Waals surface area (Å²) < 4.78 is 36.8. The second-order valence-electron chi connectivity index (χ2n) is 26.1. The Morgan fingerprint density at radius 1 is 0.429 bits per heavy atom. The van der Waals surface area contributed by atoms with Crippen LogP contribution >= 0.6 is 24.0 Å². The maximum absolute atomic E-state index is 12.1. The van der Waals surface area contributed by atoms with E-state index in [-0.39, 0.29) is 48.4 Å². The number of carbonyl (C=O) groups excluding carboxylic acids is 3. The Labute approximate surface area is 584 Å². The third-order valence-electron chi connectivity index (χ3n) is 15.2. The van der Waals surface area contributed by atoms with E-state index in [0.29, 0.717) is 61.6 Å². The first kappa shape index (κ1) is 76.1. The van der Waals surface area contributed by atoms with Gasteiger partial charge in [-0.2, -0.15) is 0 Å². The third kappa shape index (κ3) is 21.6. The number of carbonyl (C=O) groups is 3. The largest absolute Gasteiger partial charge is 0.497 e. The van der Waals surface area contributed by atoms with E-state index in [1.54, 1.807) is 110 Å². The Bertz CT molecular complexity index is 3780. The molecule has 0 bridgehead atoms. The molecule has 0 saturated carbocycles. The van der Waals surface area contributed by atoms with Gasteiger partial charge in [0, 0.05) is 142 Å². The minimum Gasteiger partial charge on any atom is -0.497 e. The zero-order chi connectivity index (χ0) is 70.0. The maximum Gasteiger partial charge on any atom is 0.488 e. The number of likely N-dealkylation sites (tertiary alicyclic amines) is 3. The molecule has 0 unspecified atom stereocenters. The lowest BCUT2D eigenvalue weighted by Crippen LogP contribution is -2.50. The summed E-state index contributed by atoms with van der Waals surface area (Å²) in [6.07, 6.45) is 12.6. The number of halogens is 2. The number of methoxy groups -OCH3 is 4. The summed E-state index contributed by atoms with van der Waals surface area (Å²) in [6.45, 7) is 22.2. The number of benzene rings is 4. The molecule has 4 saturated heterocycles. The number of hydrogen-bond acceptors (Lipinski definition) is 21. The summed E-state index contributed by atoms with van der Waals surface area (Å²) in [6, 6.07) is 30.1. The van der Waals surface area contributed by atoms with Crippen molar-refractivity contribution in [3.63, 3.8) is 0 Å². The lowest BCUT2D eigenvalue weighted by atomic mass is 9.80. The quantitative estimate of drug-likeness (QED) is 0.0757. The maximum atomic E-state index is 12.1. The van der Waals surface area contributed by atoms with Crippen LogP contribution in [0.5, 0.6) is 23.0 Å². The zero-order valence-electron chi connectivity index (χ0n) is 57.6. The van der Waals surface area contributed by atoms with E-state index in [2.05, 4.69) is 45.2 Å². The van der Waals surface area contributed by atoms with Crippen LogP contribution in [-0.4, -0.2) is 188 Å². The Kier molecular flexibility index (Phi) is 27.0. The van der Waals surface area contributed by atoms with E-state index in [1.807, 2.05) is 135 Å². The smallest absolute Gasteiger partial charge is 0.488 e. The highest BCUT2D eigenvalue weighted by molar-refractivity contribution is 6.58. The molecule has 4 fully saturated rings. The van der Waals surface area contributed by atoms with Gasteiger partial charge in [-0.25, -0.2) is 19.4 Å². The average Bonchev–Trinajstić information content (AvgIpc) is 0.800. The molecule has 27 heteroatoms. The Morgan fingerprint density at radius 3 is 1.01 bits per heavy atom. The van der Waals surface area contributed by atoms with Gasteiger partial charge in [0.15, 0.2) is 5.15 Å². The first-order chi connectivity index (χ1) is 46.2. The summed E-state index contributed by atoms with van der Waals surface area (Å²) in [5.74, 6) is 3.95. The third-order valence-corrected chi connectivity index (χ3v) is 15.5. The topological polar surface area (TPSA) is 281 Å². The predicted molar refractivity (Wildman–Crippen MR) is 376 cm³/mol. The van der Waals surface area contributed by atoms with E-state index in [1.165, 1.54) is 7.11 Å². The standard InChI is InChI=1S/2C19H23N3O3.C14H15N3O.C12H16ClN3O2.C7H9BO3.ClH/c2*1-19(2,3)25-18(23)22-11-14(12-22)17-16(20-8-9-21-17)13-6-5-7-15(10-13)24-4;1-18-12-4-2-3-10(7-12)13-14(11-8-15-9-11)17-6-5-16-13;1-12(2,3)18-11(17)16-6-8(7-16)9-10(13)15-5-4-14-9;1-11-7-4-2-3-6(5-7)8(9)10;/h2*5-10,14H,11-12H2,1-4H3;2-7,11,15H,8-9H2,1H3;4-5,8H,6-7H2,1-3H3;2-5,9-10H,1H3;1H. The molecule has 0 radical (unpaired) electrons. The molecule has 0 atom stereocenters. The molecule has 4 aliphatic heterocycles. The van der Waals surface area contributed by atoms with Crippen molar-refractivity contribution in [3.05, 3.63) is 175 Å². The summed E-state index contributed by atoms with van der Waals surface area (Å²) in [5.41, 5.74) is 8.21. The molecule has 3 amide bonds. The monoisotopic (exact) mass is 1380 g/mol. The SMILES string of the molecule is CC(C)(C)OC(=O)N1CC(c2nccnc2Cl)C1.COc1cccc(-c2nccnc2C2CN(C(=O)OC(C)(C)C)C2)c1.COc1cccc(-c2nccnc2C2CN(C(=O)OC(C)(C)C)C2)c1.COc1cccc(-c2nccnc2C2CNC2)c1.COc1cccc(B(O)O)c1.Cl. The van der Waals surface area contributed by atoms with Crippen molar-refractivity contribution in [2.45, 2.75) is 103 Å². The fraction of sp³-hybridized carbons (Fsp3) is 0.394. The van der Waals surface area contributed by atoms with Crippen LogP contribution in [0.25, 0.3) is 33.8 Å². The van der Waals surface area contributed by atoms with E-state index in [9.17, 15) is 14.4 Å². The number of ether oxygens (including phenoxy) is 7. The first-order valence-corrected chi connectivity index (χ1v) is 32.1. The normalized spacial score (nSPS) is 14.4. The van der Waals surface area contributed by atoms with Crippen molar-refractivity contribution in [2.75, 3.05) is 80.8 Å². The number of hydrogen-bond donors (Lipinski definition) is 3. The molecule has 4 aromatic heterocycles. The molecule has 12 rings (SSSR count). The number of nitrogens with one attached hydrogen (secondary N) is 1. The predicted octanol–water partition coefficient (Wildman–Crippen LogP) is 11.1. The van der Waals surface area contributed by atoms with Gasteiger partial charge in [-0.15, -0.1) is 12.4 Å². The minimum absolute atomic E-state index is 0. The van der Waals surface area contributed by atoms with Crippen LogP contribution in [0.4, 0.5) is 14.4 Å². The van der Waals surface area contributed by atoms with Crippen LogP contribution in [0.15, 0.2) is 147 Å². The number of rotatable bonds is 12. The van der Waals surface area contributed by atoms with Crippen molar-refractivity contribution in [3.8, 4) is 56.8 Å². The molecule has 0 aliphatic carbocycles. The molecule has 8 aromatic rings. The van der Waals surface area contributed by atoms with Crippen molar-refractivity contribution in [1.82, 2.24) is 59.9 Å². The lowest BCUT2D eigenvalue weighted by molar-refractivity contribution is 0.00694. The van der Waals surface area contributed by atoms with Crippen LogP contribution in [-0.2, 0) is 14.2 Å². The summed E-state index contributed by atoms with van der Waals surface area (Å²) in [4.78, 5) is 76.2. The molecule has 0 spiro atoms. The van der Waals surface area contributed by atoms with Gasteiger partial charge in [-0.1, -0.05) is 60.1 Å². The minimum atomic E-state index is -1.43. The van der Waals surface area contributed by atoms with E-state index >= 15 is 0 Å². The van der Waals surface area contributed by atoms with Gasteiger partial charge in [0.25, 0.3) is 0 Å². The van der Waals surface area contributed by atoms with Gasteiger partial charge in [-0.05, 0) is 116 Å². The summed E-state index contributed by atoms with van der Waals surface area (Å²) >= 11 is 5.96. The number of amides is 3. The average molecular weight is 1380 g/mol. The van der Waals surface area contributed by atoms with Gasteiger partial charge in [0.05, 0.1) is 68.3 Å². The second-order valence-corrected chi connectivity index (χ2v) is 26.4. The van der Waals surface area contributed by atoms with Crippen LogP contribution in [0.3, 0.4) is 0 Å². The Morgan fingerprint density at radius 2 is 0.714 bits per heavy atom. The van der Waals surface area contributed by atoms with Crippen LogP contribution < -0.4 is 29.7 Å². The molecule has 4 aromatic carbocycles.